The molecule has 7 N–H and O–H groups in total. The summed E-state index contributed by atoms with van der Waals surface area (Å²) in [6, 6.07) is 7.73. The quantitative estimate of drug-likeness (QED) is 0.222. The van der Waals surface area contributed by atoms with Gasteiger partial charge in [-0.15, -0.1) is 0 Å². The smallest absolute Gasteiger partial charge is 0.320 e. The van der Waals surface area contributed by atoms with Crippen molar-refractivity contribution in [3.8, 4) is 0 Å². The summed E-state index contributed by atoms with van der Waals surface area (Å²) in [6.45, 7) is 7.94. The molecule has 6 atom stereocenters. The highest BCUT2D eigenvalue weighted by Gasteiger charge is 2.65. The van der Waals surface area contributed by atoms with Crippen LogP contribution in [0.4, 0.5) is 0 Å². The Morgan fingerprint density at radius 3 is 2.17 bits per heavy atom. The maximum absolute atomic E-state index is 13.7. The van der Waals surface area contributed by atoms with E-state index in [0.29, 0.717) is 12.8 Å². The van der Waals surface area contributed by atoms with E-state index in [4.69, 9.17) is 11.5 Å². The van der Waals surface area contributed by atoms with Gasteiger partial charge in [0.2, 0.25) is 5.91 Å². The number of aliphatic hydroxyl groups is 1. The van der Waals surface area contributed by atoms with Crippen molar-refractivity contribution in [3.05, 3.63) is 35.9 Å². The summed E-state index contributed by atoms with van der Waals surface area (Å²) in [5.74, 6) is -2.51. The first-order chi connectivity index (χ1) is 16.2. The number of rotatable bonds is 15. The second-order valence-corrected chi connectivity index (χ2v) is 11.4. The molecule has 5 unspecified atom stereocenters. The van der Waals surface area contributed by atoms with Crippen LogP contribution in [0.2, 0.25) is 0 Å². The molecule has 0 aliphatic carbocycles. The van der Waals surface area contributed by atoms with E-state index in [2.05, 4.69) is 5.32 Å². The molecule has 9 nitrogen and oxygen atoms in total. The van der Waals surface area contributed by atoms with Crippen LogP contribution in [-0.2, 0) is 25.4 Å². The van der Waals surface area contributed by atoms with Crippen molar-refractivity contribution in [2.24, 2.45) is 16.9 Å². The topological polar surface area (TPSA) is 173 Å². The van der Waals surface area contributed by atoms with E-state index >= 15 is 0 Å². The van der Waals surface area contributed by atoms with Crippen LogP contribution in [0.15, 0.2) is 30.3 Å². The predicted molar refractivity (Wildman–Crippen MR) is 138 cm³/mol. The van der Waals surface area contributed by atoms with E-state index in [1.54, 1.807) is 20.8 Å². The molecule has 1 aromatic rings. The number of ketones is 1. The van der Waals surface area contributed by atoms with Crippen molar-refractivity contribution in [2.45, 2.75) is 95.6 Å². The maximum atomic E-state index is 13.7. The summed E-state index contributed by atoms with van der Waals surface area (Å²) < 4.78 is 12.8. The van der Waals surface area contributed by atoms with Gasteiger partial charge < -0.3 is 31.6 Å². The molecule has 0 spiro atoms. The number of hydrogen-bond acceptors (Lipinski definition) is 7. The van der Waals surface area contributed by atoms with Gasteiger partial charge in [0.25, 0.3) is 0 Å². The van der Waals surface area contributed by atoms with E-state index in [-0.39, 0.29) is 18.9 Å². The predicted octanol–water partition coefficient (Wildman–Crippen LogP) is 1.89. The van der Waals surface area contributed by atoms with Gasteiger partial charge in [0.1, 0.15) is 17.4 Å². The van der Waals surface area contributed by atoms with Gasteiger partial charge in [-0.3, -0.25) is 14.4 Å². The number of benzene rings is 1. The fourth-order valence-corrected chi connectivity index (χ4v) is 5.56. The van der Waals surface area contributed by atoms with Crippen molar-refractivity contribution in [1.29, 1.82) is 0 Å². The molecular formula is C25H42N3O6P. The fraction of sp³-hybridized carbons (Fsp3) is 0.640. The van der Waals surface area contributed by atoms with E-state index in [1.807, 2.05) is 30.3 Å². The van der Waals surface area contributed by atoms with Gasteiger partial charge in [-0.05, 0) is 52.0 Å². The first-order valence-corrected chi connectivity index (χ1v) is 13.1. The van der Waals surface area contributed by atoms with Crippen molar-refractivity contribution >= 4 is 26.1 Å². The molecule has 0 aliphatic rings. The lowest BCUT2D eigenvalue weighted by atomic mass is 9.56. The molecule has 1 rings (SSSR count). The van der Waals surface area contributed by atoms with Crippen LogP contribution in [0.5, 0.6) is 0 Å². The molecular weight excluding hydrogens is 469 g/mol. The first-order valence-electron chi connectivity index (χ1n) is 12.0. The number of carboxylic acid groups (broad SMARTS) is 1. The van der Waals surface area contributed by atoms with Crippen LogP contribution in [-0.4, -0.2) is 56.8 Å². The molecule has 198 valence electrons. The Labute approximate surface area is 209 Å². The SMILES string of the molecule is CCC(O)C(N)(C(=O)NC(C)C)C(C)(C[C@H](N)C(=O)O)C(C)([PH2]=O)C(=O)CCCc1ccccc1. The number of carbonyl (C=O) groups excluding carboxylic acids is 2. The van der Waals surface area contributed by atoms with Crippen LogP contribution in [0.25, 0.3) is 0 Å². The molecule has 0 saturated heterocycles. The van der Waals surface area contributed by atoms with Gasteiger partial charge in [0.15, 0.2) is 0 Å². The lowest BCUT2D eigenvalue weighted by molar-refractivity contribution is -0.149. The molecule has 0 heterocycles. The number of carbonyl (C=O) groups is 3. The Bertz CT molecular complexity index is 898. The Hall–Kier alpha value is -2.06. The number of hydrogen-bond donors (Lipinski definition) is 5. The lowest BCUT2D eigenvalue weighted by Gasteiger charge is -2.55. The van der Waals surface area contributed by atoms with Crippen LogP contribution in [0.1, 0.15) is 65.9 Å². The minimum Gasteiger partial charge on any atom is -0.480 e. The van der Waals surface area contributed by atoms with Crippen molar-refractivity contribution < 1.29 is 29.2 Å². The summed E-state index contributed by atoms with van der Waals surface area (Å²) >= 11 is 0. The maximum Gasteiger partial charge on any atom is 0.320 e. The zero-order valence-electron chi connectivity index (χ0n) is 21.4. The van der Waals surface area contributed by atoms with Crippen LogP contribution >= 0.6 is 8.46 Å². The number of nitrogens with one attached hydrogen (secondary N) is 1. The average molecular weight is 512 g/mol. The molecule has 1 amide bonds. The Kier molecular flexibility index (Phi) is 11.3. The Balaban J connectivity index is 3.57. The molecule has 0 aliphatic heterocycles. The Morgan fingerprint density at radius 2 is 1.71 bits per heavy atom. The molecule has 0 saturated carbocycles. The summed E-state index contributed by atoms with van der Waals surface area (Å²) in [5, 5.41) is 21.6. The largest absolute Gasteiger partial charge is 0.480 e. The average Bonchev–Trinajstić information content (AvgIpc) is 2.81. The summed E-state index contributed by atoms with van der Waals surface area (Å²) in [5.41, 5.74) is 9.76. The van der Waals surface area contributed by atoms with Gasteiger partial charge in [0.05, 0.1) is 19.7 Å². The lowest BCUT2D eigenvalue weighted by Crippen LogP contribution is -2.76. The number of amides is 1. The van der Waals surface area contributed by atoms with Crippen LogP contribution in [0.3, 0.4) is 0 Å². The second kappa shape index (κ2) is 12.8. The highest BCUT2D eigenvalue weighted by molar-refractivity contribution is 7.28. The highest BCUT2D eigenvalue weighted by atomic mass is 31.1. The van der Waals surface area contributed by atoms with E-state index in [0.717, 1.165) is 5.56 Å². The normalized spacial score (nSPS) is 18.9. The van der Waals surface area contributed by atoms with Gasteiger partial charge in [-0.2, -0.15) is 0 Å². The zero-order chi connectivity index (χ0) is 27.0. The van der Waals surface area contributed by atoms with Crippen LogP contribution < -0.4 is 16.8 Å². The van der Waals surface area contributed by atoms with Crippen molar-refractivity contribution in [2.75, 3.05) is 0 Å². The van der Waals surface area contributed by atoms with Gasteiger partial charge in [-0.1, -0.05) is 44.2 Å². The fourth-order valence-electron chi connectivity index (χ4n) is 4.67. The molecule has 0 radical (unpaired) electrons. The molecule has 1 aromatic carbocycles. The standard InChI is InChI=1S/C25H42N3O6P/c1-6-19(29)25(27,22(33)28-16(2)3)23(4,15-18(26)21(31)32)24(5,35-34)20(30)14-10-13-17-11-8-7-9-12-17/h7-9,11-12,16,18-19,29H,6,10,13-15,26-27,35H2,1-5H3,(H,28,33)(H,31,32)/t18-,19?,23?,24?,25?/m0/s1. The number of Topliss-reactive ketones (excluding diaryl/α,β-unsaturated/α-hetero) is 1. The molecule has 35 heavy (non-hydrogen) atoms. The van der Waals surface area contributed by atoms with Crippen LogP contribution in [0, 0.1) is 5.41 Å². The van der Waals surface area contributed by atoms with Gasteiger partial charge in [0, 0.05) is 17.9 Å². The van der Waals surface area contributed by atoms with Gasteiger partial charge in [-0.25, -0.2) is 0 Å². The minimum atomic E-state index is -2.14. The summed E-state index contributed by atoms with van der Waals surface area (Å²) in [4.78, 5) is 38.8. The molecule has 0 bridgehead atoms. The monoisotopic (exact) mass is 511 g/mol. The Morgan fingerprint density at radius 1 is 1.14 bits per heavy atom. The third-order valence-electron chi connectivity index (χ3n) is 7.24. The minimum absolute atomic E-state index is 0.0443. The van der Waals surface area contributed by atoms with Gasteiger partial charge >= 0.3 is 5.97 Å². The molecule has 0 aromatic heterocycles. The summed E-state index contributed by atoms with van der Waals surface area (Å²) in [6.07, 6.45) is -0.714. The van der Waals surface area contributed by atoms with E-state index in [1.165, 1.54) is 13.8 Å². The number of nitrogens with two attached hydrogens (primary N) is 2. The zero-order valence-corrected chi connectivity index (χ0v) is 22.6. The highest BCUT2D eigenvalue weighted by Crippen LogP contribution is 2.53. The third-order valence-corrected chi connectivity index (χ3v) is 8.67. The van der Waals surface area contributed by atoms with E-state index < -0.39 is 60.8 Å². The number of aliphatic carboxylic acids is 1. The first kappa shape index (κ1) is 31.0. The second-order valence-electron chi connectivity index (χ2n) is 9.98. The summed E-state index contributed by atoms with van der Waals surface area (Å²) in [7, 11) is -1.87. The number of aliphatic hydroxyl groups excluding tert-OH is 1. The van der Waals surface area contributed by atoms with Crippen molar-refractivity contribution in [1.82, 2.24) is 5.32 Å². The molecule has 0 fully saturated rings. The van der Waals surface area contributed by atoms with Crippen molar-refractivity contribution in [3.63, 3.8) is 0 Å². The molecule has 10 heteroatoms. The number of carboxylic acids is 1. The third kappa shape index (κ3) is 6.58. The number of aryl methyl sites for hydroxylation is 1. The van der Waals surface area contributed by atoms with E-state index in [9.17, 15) is 29.2 Å².